The molecule has 0 fully saturated rings. The molecule has 1 rings (SSSR count). The molecule has 0 aliphatic heterocycles. The summed E-state index contributed by atoms with van der Waals surface area (Å²) in [5.41, 5.74) is 0.245. The number of hydrogen-bond acceptors (Lipinski definition) is 3. The van der Waals surface area contributed by atoms with Crippen LogP contribution in [0, 0.1) is 17.1 Å². The summed E-state index contributed by atoms with van der Waals surface area (Å²) in [4.78, 5) is 11.4. The fourth-order valence-electron chi connectivity index (χ4n) is 1.11. The Labute approximate surface area is 98.4 Å². The molecule has 0 aliphatic carbocycles. The first kappa shape index (κ1) is 12.7. The van der Waals surface area contributed by atoms with Gasteiger partial charge in [-0.2, -0.15) is 5.26 Å². The molecular weight excluding hydrogens is 221 g/mol. The van der Waals surface area contributed by atoms with Crippen molar-refractivity contribution in [3.8, 4) is 6.07 Å². The minimum absolute atomic E-state index is 0.0288. The molecule has 0 N–H and O–H groups in total. The molecule has 0 atom stereocenters. The van der Waals surface area contributed by atoms with Gasteiger partial charge in [-0.25, -0.2) is 9.18 Å². The molecule has 4 heteroatoms. The third-order valence-electron chi connectivity index (χ3n) is 1.83. The molecule has 0 saturated heterocycles. The molecule has 0 aliphatic rings. The fourth-order valence-corrected chi connectivity index (χ4v) is 1.11. The van der Waals surface area contributed by atoms with Gasteiger partial charge in [0.1, 0.15) is 24.1 Å². The molecule has 0 heterocycles. The van der Waals surface area contributed by atoms with Gasteiger partial charge in [0, 0.05) is 0 Å². The second-order valence-electron chi connectivity index (χ2n) is 3.11. The standard InChI is InChI=1S/C13H10FNO2/c1-2-6-17-13(16)11(9-15)7-10-4-3-5-12(14)8-10/h2-5,7-8H,1,6H2. The number of halogens is 1. The van der Waals surface area contributed by atoms with Gasteiger partial charge in [0.15, 0.2) is 0 Å². The van der Waals surface area contributed by atoms with Crippen LogP contribution in [0.5, 0.6) is 0 Å². The number of nitrogens with zero attached hydrogens (tertiary/aromatic N) is 1. The maximum Gasteiger partial charge on any atom is 0.349 e. The van der Waals surface area contributed by atoms with Crippen molar-refractivity contribution in [3.63, 3.8) is 0 Å². The average Bonchev–Trinajstić information content (AvgIpc) is 2.33. The number of carbonyl (C=O) groups is 1. The van der Waals surface area contributed by atoms with Crippen LogP contribution >= 0.6 is 0 Å². The smallest absolute Gasteiger partial charge is 0.349 e. The Hall–Kier alpha value is -2.41. The van der Waals surface area contributed by atoms with Gasteiger partial charge in [0.25, 0.3) is 0 Å². The zero-order valence-corrected chi connectivity index (χ0v) is 9.02. The Morgan fingerprint density at radius 3 is 2.94 bits per heavy atom. The Morgan fingerprint density at radius 1 is 1.59 bits per heavy atom. The SMILES string of the molecule is C=CCOC(=O)C(C#N)=Cc1cccc(F)c1. The number of esters is 1. The van der Waals surface area contributed by atoms with E-state index in [4.69, 9.17) is 10.00 Å². The highest BCUT2D eigenvalue weighted by atomic mass is 19.1. The lowest BCUT2D eigenvalue weighted by Gasteiger charge is -2.00. The van der Waals surface area contributed by atoms with E-state index in [0.29, 0.717) is 5.56 Å². The zero-order valence-electron chi connectivity index (χ0n) is 9.02. The van der Waals surface area contributed by atoms with Crippen molar-refractivity contribution >= 4 is 12.0 Å². The van der Waals surface area contributed by atoms with E-state index in [1.54, 1.807) is 12.1 Å². The first-order valence-electron chi connectivity index (χ1n) is 4.82. The first-order chi connectivity index (χ1) is 8.17. The lowest BCUT2D eigenvalue weighted by molar-refractivity contribution is -0.137. The molecule has 0 spiro atoms. The molecule has 17 heavy (non-hydrogen) atoms. The Balaban J connectivity index is 2.91. The third-order valence-corrected chi connectivity index (χ3v) is 1.83. The van der Waals surface area contributed by atoms with Crippen LogP contribution in [0.4, 0.5) is 4.39 Å². The number of carbonyl (C=O) groups excluding carboxylic acids is 1. The van der Waals surface area contributed by atoms with Gasteiger partial charge in [0.05, 0.1) is 0 Å². The number of rotatable bonds is 4. The van der Waals surface area contributed by atoms with Crippen molar-refractivity contribution in [1.82, 2.24) is 0 Å². The number of ether oxygens (including phenoxy) is 1. The van der Waals surface area contributed by atoms with Crippen LogP contribution in [0.2, 0.25) is 0 Å². The van der Waals surface area contributed by atoms with Crippen LogP contribution in [0.1, 0.15) is 5.56 Å². The van der Waals surface area contributed by atoms with E-state index < -0.39 is 11.8 Å². The quantitative estimate of drug-likeness (QED) is 0.346. The molecule has 1 aromatic rings. The molecule has 0 saturated carbocycles. The van der Waals surface area contributed by atoms with Crippen LogP contribution in [0.25, 0.3) is 6.08 Å². The highest BCUT2D eigenvalue weighted by Crippen LogP contribution is 2.09. The average molecular weight is 231 g/mol. The summed E-state index contributed by atoms with van der Waals surface area (Å²) >= 11 is 0. The summed E-state index contributed by atoms with van der Waals surface area (Å²) in [6.07, 6.45) is 2.67. The maximum absolute atomic E-state index is 12.9. The molecule has 0 amide bonds. The number of benzene rings is 1. The Morgan fingerprint density at radius 2 is 2.35 bits per heavy atom. The maximum atomic E-state index is 12.9. The predicted molar refractivity (Wildman–Crippen MR) is 61.1 cm³/mol. The molecule has 3 nitrogen and oxygen atoms in total. The summed E-state index contributed by atoms with van der Waals surface area (Å²) in [5, 5.41) is 8.79. The van der Waals surface area contributed by atoms with Gasteiger partial charge in [-0.3, -0.25) is 0 Å². The van der Waals surface area contributed by atoms with Crippen molar-refractivity contribution in [2.45, 2.75) is 0 Å². The largest absolute Gasteiger partial charge is 0.457 e. The molecule has 0 bridgehead atoms. The van der Waals surface area contributed by atoms with Crippen molar-refractivity contribution in [3.05, 3.63) is 53.9 Å². The van der Waals surface area contributed by atoms with E-state index >= 15 is 0 Å². The van der Waals surface area contributed by atoms with E-state index in [1.807, 2.05) is 0 Å². The molecule has 0 radical (unpaired) electrons. The third kappa shape index (κ3) is 3.92. The van der Waals surface area contributed by atoms with Crippen LogP contribution in [0.15, 0.2) is 42.5 Å². The van der Waals surface area contributed by atoms with Crippen LogP contribution < -0.4 is 0 Å². The van der Waals surface area contributed by atoms with Gasteiger partial charge in [-0.1, -0.05) is 24.8 Å². The Kier molecular flexibility index (Phi) is 4.64. The van der Waals surface area contributed by atoms with Gasteiger partial charge in [0.2, 0.25) is 0 Å². The van der Waals surface area contributed by atoms with E-state index in [0.717, 1.165) is 0 Å². The molecular formula is C13H10FNO2. The number of nitriles is 1. The highest BCUT2D eigenvalue weighted by molar-refractivity contribution is 5.97. The van der Waals surface area contributed by atoms with Gasteiger partial charge in [-0.05, 0) is 23.8 Å². The van der Waals surface area contributed by atoms with E-state index in [2.05, 4.69) is 6.58 Å². The Bertz CT molecular complexity index is 500. The zero-order chi connectivity index (χ0) is 12.7. The molecule has 86 valence electrons. The number of hydrogen-bond donors (Lipinski definition) is 0. The second kappa shape index (κ2) is 6.23. The van der Waals surface area contributed by atoms with Gasteiger partial charge in [-0.15, -0.1) is 0 Å². The van der Waals surface area contributed by atoms with Crippen molar-refractivity contribution in [2.75, 3.05) is 6.61 Å². The fraction of sp³-hybridized carbons (Fsp3) is 0.0769. The summed E-state index contributed by atoms with van der Waals surface area (Å²) < 4.78 is 17.6. The van der Waals surface area contributed by atoms with Crippen LogP contribution in [0.3, 0.4) is 0 Å². The minimum Gasteiger partial charge on any atom is -0.457 e. The minimum atomic E-state index is -0.753. The highest BCUT2D eigenvalue weighted by Gasteiger charge is 2.09. The van der Waals surface area contributed by atoms with Crippen LogP contribution in [-0.4, -0.2) is 12.6 Å². The van der Waals surface area contributed by atoms with Crippen LogP contribution in [-0.2, 0) is 9.53 Å². The lowest BCUT2D eigenvalue weighted by atomic mass is 10.1. The van der Waals surface area contributed by atoms with E-state index in [9.17, 15) is 9.18 Å². The first-order valence-corrected chi connectivity index (χ1v) is 4.82. The van der Waals surface area contributed by atoms with Gasteiger partial charge < -0.3 is 4.74 Å². The summed E-state index contributed by atoms with van der Waals surface area (Å²) in [7, 11) is 0. The second-order valence-corrected chi connectivity index (χ2v) is 3.11. The lowest BCUT2D eigenvalue weighted by Crippen LogP contribution is -2.06. The topological polar surface area (TPSA) is 50.1 Å². The van der Waals surface area contributed by atoms with Crippen molar-refractivity contribution in [1.29, 1.82) is 5.26 Å². The predicted octanol–water partition coefficient (Wildman–Crippen LogP) is 2.46. The normalized spacial score (nSPS) is 10.5. The monoisotopic (exact) mass is 231 g/mol. The molecule has 0 aromatic heterocycles. The van der Waals surface area contributed by atoms with Crippen molar-refractivity contribution < 1.29 is 13.9 Å². The van der Waals surface area contributed by atoms with E-state index in [-0.39, 0.29) is 12.2 Å². The van der Waals surface area contributed by atoms with Crippen molar-refractivity contribution in [2.24, 2.45) is 0 Å². The summed E-state index contributed by atoms with van der Waals surface area (Å²) in [5.74, 6) is -1.19. The van der Waals surface area contributed by atoms with Gasteiger partial charge >= 0.3 is 5.97 Å². The summed E-state index contributed by atoms with van der Waals surface area (Å²) in [6.45, 7) is 3.41. The molecule has 1 aromatic carbocycles. The van der Waals surface area contributed by atoms with E-state index in [1.165, 1.54) is 30.4 Å². The molecule has 0 unspecified atom stereocenters. The summed E-state index contributed by atoms with van der Waals surface area (Å²) in [6, 6.07) is 7.28.